The molecule has 1 heterocycles. The molecule has 3 rings (SSSR count). The number of thioether (sulfide) groups is 1. The van der Waals surface area contributed by atoms with Crippen molar-refractivity contribution in [2.75, 3.05) is 0 Å². The molecule has 0 amide bonds. The van der Waals surface area contributed by atoms with Crippen LogP contribution in [0.2, 0.25) is 0 Å². The van der Waals surface area contributed by atoms with Crippen molar-refractivity contribution in [2.24, 2.45) is 0 Å². The van der Waals surface area contributed by atoms with Gasteiger partial charge in [-0.2, -0.15) is 0 Å². The fourth-order valence-electron chi connectivity index (χ4n) is 2.02. The normalized spacial score (nSPS) is 17.2. The van der Waals surface area contributed by atoms with Gasteiger partial charge in [0.1, 0.15) is 0 Å². The average molecular weight is 287 g/mol. The van der Waals surface area contributed by atoms with Gasteiger partial charge in [-0.05, 0) is 18.2 Å². The van der Waals surface area contributed by atoms with Crippen molar-refractivity contribution >= 4 is 23.4 Å². The van der Waals surface area contributed by atoms with Crippen LogP contribution in [0.25, 0.3) is 0 Å². The molecular formula is C14H9NO4S. The van der Waals surface area contributed by atoms with Crippen LogP contribution in [0.1, 0.15) is 21.4 Å². The molecule has 1 atom stereocenters. The SMILES string of the molecule is O=C1OC(c2ccccc2[N+](=O)[O-])Sc2ccccc21. The number of carbonyl (C=O) groups is 1. The van der Waals surface area contributed by atoms with Gasteiger partial charge in [0, 0.05) is 11.0 Å². The van der Waals surface area contributed by atoms with Gasteiger partial charge in [0.05, 0.1) is 16.1 Å². The summed E-state index contributed by atoms with van der Waals surface area (Å²) in [6, 6.07) is 13.4. The van der Waals surface area contributed by atoms with Gasteiger partial charge in [-0.15, -0.1) is 0 Å². The molecule has 0 radical (unpaired) electrons. The zero-order valence-corrected chi connectivity index (χ0v) is 11.0. The molecule has 1 aliphatic heterocycles. The zero-order chi connectivity index (χ0) is 14.1. The Morgan fingerprint density at radius 3 is 2.60 bits per heavy atom. The Hall–Kier alpha value is -2.34. The number of nitrogens with zero attached hydrogens (tertiary/aromatic N) is 1. The van der Waals surface area contributed by atoms with E-state index in [1.165, 1.54) is 17.8 Å². The van der Waals surface area contributed by atoms with Crippen molar-refractivity contribution < 1.29 is 14.5 Å². The van der Waals surface area contributed by atoms with Crippen molar-refractivity contribution in [3.63, 3.8) is 0 Å². The summed E-state index contributed by atoms with van der Waals surface area (Å²) in [6.45, 7) is 0. The second kappa shape index (κ2) is 4.97. The lowest BCUT2D eigenvalue weighted by molar-refractivity contribution is -0.385. The van der Waals surface area contributed by atoms with Gasteiger partial charge in [-0.3, -0.25) is 10.1 Å². The van der Waals surface area contributed by atoms with Crippen LogP contribution in [0.3, 0.4) is 0 Å². The molecule has 0 spiro atoms. The Bertz CT molecular complexity index is 701. The zero-order valence-electron chi connectivity index (χ0n) is 10.2. The van der Waals surface area contributed by atoms with Crippen molar-refractivity contribution in [2.45, 2.75) is 10.3 Å². The minimum Gasteiger partial charge on any atom is -0.442 e. The van der Waals surface area contributed by atoms with Gasteiger partial charge in [0.15, 0.2) is 5.44 Å². The summed E-state index contributed by atoms with van der Waals surface area (Å²) in [4.78, 5) is 23.3. The quantitative estimate of drug-likeness (QED) is 0.480. The number of rotatable bonds is 2. The first kappa shape index (κ1) is 12.7. The van der Waals surface area contributed by atoms with Crippen molar-refractivity contribution in [3.05, 3.63) is 69.8 Å². The number of benzene rings is 2. The lowest BCUT2D eigenvalue weighted by atomic mass is 10.2. The number of para-hydroxylation sites is 1. The third-order valence-corrected chi connectivity index (χ3v) is 4.12. The minimum atomic E-state index is -0.695. The second-order valence-electron chi connectivity index (χ2n) is 4.17. The third-order valence-electron chi connectivity index (χ3n) is 2.94. The first-order chi connectivity index (χ1) is 9.66. The molecule has 1 unspecified atom stereocenters. The molecule has 0 aromatic heterocycles. The summed E-state index contributed by atoms with van der Waals surface area (Å²) in [7, 11) is 0. The lowest BCUT2D eigenvalue weighted by Gasteiger charge is -2.23. The Labute approximate surface area is 118 Å². The van der Waals surface area contributed by atoms with E-state index >= 15 is 0 Å². The summed E-state index contributed by atoms with van der Waals surface area (Å²) in [5.74, 6) is -0.456. The van der Waals surface area contributed by atoms with Crippen molar-refractivity contribution in [3.8, 4) is 0 Å². The van der Waals surface area contributed by atoms with Gasteiger partial charge in [0.2, 0.25) is 0 Å². The van der Waals surface area contributed by atoms with Gasteiger partial charge >= 0.3 is 5.97 Å². The van der Waals surface area contributed by atoms with Crippen molar-refractivity contribution in [1.82, 2.24) is 0 Å². The monoisotopic (exact) mass is 287 g/mol. The number of cyclic esters (lactones) is 1. The van der Waals surface area contributed by atoms with E-state index in [1.54, 1.807) is 30.3 Å². The van der Waals surface area contributed by atoms with E-state index in [0.717, 1.165) is 4.90 Å². The van der Waals surface area contributed by atoms with Crippen LogP contribution in [0.5, 0.6) is 0 Å². The van der Waals surface area contributed by atoms with Gasteiger partial charge in [0.25, 0.3) is 5.69 Å². The molecule has 20 heavy (non-hydrogen) atoms. The molecule has 5 nitrogen and oxygen atoms in total. The smallest absolute Gasteiger partial charge is 0.340 e. The summed E-state index contributed by atoms with van der Waals surface area (Å²) in [6.07, 6.45) is 0. The lowest BCUT2D eigenvalue weighted by Crippen LogP contribution is -2.16. The highest BCUT2D eigenvalue weighted by molar-refractivity contribution is 7.99. The number of fused-ring (bicyclic) bond motifs is 1. The summed E-state index contributed by atoms with van der Waals surface area (Å²) < 4.78 is 5.31. The molecule has 2 aromatic carbocycles. The van der Waals surface area contributed by atoms with E-state index in [-0.39, 0.29) is 5.69 Å². The number of nitro benzene ring substituents is 1. The maximum atomic E-state index is 11.9. The van der Waals surface area contributed by atoms with Crippen LogP contribution in [0.15, 0.2) is 53.4 Å². The summed E-state index contributed by atoms with van der Waals surface area (Å²) in [5.41, 5.74) is 0.147. The highest BCUT2D eigenvalue weighted by Gasteiger charge is 2.31. The molecule has 0 bridgehead atoms. The fraction of sp³-hybridized carbons (Fsp3) is 0.0714. The number of carbonyl (C=O) groups excluding carboxylic acids is 1. The topological polar surface area (TPSA) is 69.4 Å². The van der Waals surface area contributed by atoms with Gasteiger partial charge < -0.3 is 4.74 Å². The molecular weight excluding hydrogens is 278 g/mol. The van der Waals surface area contributed by atoms with Crippen LogP contribution >= 0.6 is 11.8 Å². The Kier molecular flexibility index (Phi) is 3.15. The van der Waals surface area contributed by atoms with Crippen molar-refractivity contribution in [1.29, 1.82) is 0 Å². The molecule has 0 saturated heterocycles. The largest absolute Gasteiger partial charge is 0.442 e. The second-order valence-corrected chi connectivity index (χ2v) is 5.27. The maximum absolute atomic E-state index is 11.9. The third kappa shape index (κ3) is 2.14. The summed E-state index contributed by atoms with van der Waals surface area (Å²) >= 11 is 1.30. The van der Waals surface area contributed by atoms with Gasteiger partial charge in [-0.25, -0.2) is 4.79 Å². The average Bonchev–Trinajstić information content (AvgIpc) is 2.47. The highest BCUT2D eigenvalue weighted by atomic mass is 32.2. The maximum Gasteiger partial charge on any atom is 0.340 e. The number of hydrogen-bond donors (Lipinski definition) is 0. The summed E-state index contributed by atoms with van der Waals surface area (Å²) in [5, 5.41) is 11.0. The minimum absolute atomic E-state index is 0.0443. The predicted octanol–water partition coefficient (Wildman–Crippen LogP) is 3.56. The Balaban J connectivity index is 2.02. The van der Waals surface area contributed by atoms with Crippen LogP contribution in [0, 0.1) is 10.1 Å². The van der Waals surface area contributed by atoms with Crippen LogP contribution in [0.4, 0.5) is 5.69 Å². The molecule has 6 heteroatoms. The van der Waals surface area contributed by atoms with Gasteiger partial charge in [-0.1, -0.05) is 36.0 Å². The molecule has 100 valence electrons. The standard InChI is InChI=1S/C14H9NO4S/c16-13-10-6-2-4-8-12(10)20-14(19-13)9-5-1-3-7-11(9)15(17)18/h1-8,14H. The van der Waals surface area contributed by atoms with E-state index < -0.39 is 16.3 Å². The van der Waals surface area contributed by atoms with E-state index in [9.17, 15) is 14.9 Å². The highest BCUT2D eigenvalue weighted by Crippen LogP contribution is 2.44. The number of esters is 1. The van der Waals surface area contributed by atoms with E-state index in [0.29, 0.717) is 11.1 Å². The molecule has 0 aliphatic carbocycles. The number of nitro groups is 1. The van der Waals surface area contributed by atoms with E-state index in [2.05, 4.69) is 0 Å². The van der Waals surface area contributed by atoms with E-state index in [4.69, 9.17) is 4.74 Å². The molecule has 0 saturated carbocycles. The Morgan fingerprint density at radius 2 is 1.80 bits per heavy atom. The predicted molar refractivity (Wildman–Crippen MR) is 73.6 cm³/mol. The first-order valence-corrected chi connectivity index (χ1v) is 6.75. The molecule has 2 aromatic rings. The molecule has 0 N–H and O–H groups in total. The van der Waals surface area contributed by atoms with Crippen LogP contribution in [-0.4, -0.2) is 10.9 Å². The molecule has 0 fully saturated rings. The van der Waals surface area contributed by atoms with Crippen LogP contribution < -0.4 is 0 Å². The first-order valence-electron chi connectivity index (χ1n) is 5.87. The van der Waals surface area contributed by atoms with E-state index in [1.807, 2.05) is 12.1 Å². The van der Waals surface area contributed by atoms with Crippen LogP contribution in [-0.2, 0) is 4.74 Å². The Morgan fingerprint density at radius 1 is 1.10 bits per heavy atom. The number of ether oxygens (including phenoxy) is 1. The number of hydrogen-bond acceptors (Lipinski definition) is 5. The molecule has 1 aliphatic rings. The fourth-order valence-corrected chi connectivity index (χ4v) is 3.15.